The monoisotopic (exact) mass is 371 g/mol. The van der Waals surface area contributed by atoms with Gasteiger partial charge in [0.2, 0.25) is 0 Å². The Bertz CT molecular complexity index is 617. The van der Waals surface area contributed by atoms with Crippen molar-refractivity contribution in [1.29, 1.82) is 0 Å². The van der Waals surface area contributed by atoms with Crippen LogP contribution < -0.4 is 5.32 Å². The third-order valence-corrected chi connectivity index (χ3v) is 4.50. The Morgan fingerprint density at radius 2 is 1.60 bits per heavy atom. The van der Waals surface area contributed by atoms with Crippen molar-refractivity contribution in [3.05, 3.63) is 61.5 Å². The van der Waals surface area contributed by atoms with E-state index in [0.717, 1.165) is 15.7 Å². The Morgan fingerprint density at radius 1 is 1.00 bits per heavy atom. The smallest absolute Gasteiger partial charge is 0.0595 e. The largest absolute Gasteiger partial charge is 0.378 e. The SMILES string of the molecule is Cc1cc(Br)cc(C)c1NC(C)c1ccc(Cl)c(Cl)c1. The quantitative estimate of drug-likeness (QED) is 0.644. The van der Waals surface area contributed by atoms with Crippen LogP contribution in [0.4, 0.5) is 5.69 Å². The van der Waals surface area contributed by atoms with Crippen molar-refractivity contribution >= 4 is 44.8 Å². The fourth-order valence-electron chi connectivity index (χ4n) is 2.22. The zero-order valence-electron chi connectivity index (χ0n) is 11.6. The van der Waals surface area contributed by atoms with Crippen molar-refractivity contribution in [2.75, 3.05) is 5.32 Å². The van der Waals surface area contributed by atoms with E-state index in [0.29, 0.717) is 10.0 Å². The Morgan fingerprint density at radius 3 is 2.15 bits per heavy atom. The van der Waals surface area contributed by atoms with Gasteiger partial charge in [0.15, 0.2) is 0 Å². The summed E-state index contributed by atoms with van der Waals surface area (Å²) >= 11 is 15.5. The van der Waals surface area contributed by atoms with E-state index in [-0.39, 0.29) is 6.04 Å². The minimum atomic E-state index is 0.156. The van der Waals surface area contributed by atoms with E-state index < -0.39 is 0 Å². The molecule has 0 saturated heterocycles. The molecule has 0 heterocycles. The summed E-state index contributed by atoms with van der Waals surface area (Å²) in [7, 11) is 0. The van der Waals surface area contributed by atoms with Gasteiger partial charge in [0.1, 0.15) is 0 Å². The molecular weight excluding hydrogens is 357 g/mol. The highest BCUT2D eigenvalue weighted by Gasteiger charge is 2.11. The Hall–Kier alpha value is -0.700. The molecule has 0 bridgehead atoms. The van der Waals surface area contributed by atoms with Crippen LogP contribution in [0.15, 0.2) is 34.8 Å². The molecule has 106 valence electrons. The van der Waals surface area contributed by atoms with Gasteiger partial charge in [-0.15, -0.1) is 0 Å². The number of hydrogen-bond acceptors (Lipinski definition) is 1. The van der Waals surface area contributed by atoms with Gasteiger partial charge in [-0.05, 0) is 61.7 Å². The summed E-state index contributed by atoms with van der Waals surface area (Å²) in [6, 6.07) is 10.1. The molecule has 20 heavy (non-hydrogen) atoms. The lowest BCUT2D eigenvalue weighted by Crippen LogP contribution is -2.09. The summed E-state index contributed by atoms with van der Waals surface area (Å²) in [5, 5.41) is 4.71. The van der Waals surface area contributed by atoms with Gasteiger partial charge in [-0.1, -0.05) is 45.2 Å². The minimum Gasteiger partial charge on any atom is -0.378 e. The van der Waals surface area contributed by atoms with Crippen molar-refractivity contribution in [2.45, 2.75) is 26.8 Å². The van der Waals surface area contributed by atoms with Crippen molar-refractivity contribution < 1.29 is 0 Å². The fourth-order valence-corrected chi connectivity index (χ4v) is 3.21. The number of anilines is 1. The molecule has 2 rings (SSSR count). The molecule has 1 unspecified atom stereocenters. The molecule has 2 aromatic carbocycles. The summed E-state index contributed by atoms with van der Waals surface area (Å²) < 4.78 is 1.10. The Kier molecular flexibility index (Phi) is 5.00. The average molecular weight is 373 g/mol. The van der Waals surface area contributed by atoms with Crippen LogP contribution in [0, 0.1) is 13.8 Å². The molecule has 1 N–H and O–H groups in total. The van der Waals surface area contributed by atoms with E-state index in [2.05, 4.69) is 54.2 Å². The summed E-state index contributed by atoms with van der Waals surface area (Å²) in [6.07, 6.45) is 0. The standard InChI is InChI=1S/C16H16BrCl2N/c1-9-6-13(17)7-10(2)16(9)20-11(3)12-4-5-14(18)15(19)8-12/h4-8,11,20H,1-3H3. The topological polar surface area (TPSA) is 12.0 Å². The van der Waals surface area contributed by atoms with Gasteiger partial charge in [-0.2, -0.15) is 0 Å². The lowest BCUT2D eigenvalue weighted by molar-refractivity contribution is 0.880. The van der Waals surface area contributed by atoms with E-state index in [4.69, 9.17) is 23.2 Å². The molecule has 1 atom stereocenters. The number of halogens is 3. The maximum absolute atomic E-state index is 6.08. The Labute approximate surface area is 138 Å². The number of rotatable bonds is 3. The lowest BCUT2D eigenvalue weighted by atomic mass is 10.0. The van der Waals surface area contributed by atoms with E-state index in [1.807, 2.05) is 18.2 Å². The first-order valence-electron chi connectivity index (χ1n) is 6.36. The molecule has 4 heteroatoms. The van der Waals surface area contributed by atoms with Gasteiger partial charge in [0.25, 0.3) is 0 Å². The number of nitrogens with one attached hydrogen (secondary N) is 1. The summed E-state index contributed by atoms with van der Waals surface area (Å²) in [6.45, 7) is 6.31. The van der Waals surface area contributed by atoms with Crippen molar-refractivity contribution in [3.8, 4) is 0 Å². The third-order valence-electron chi connectivity index (χ3n) is 3.30. The molecule has 0 aliphatic heterocycles. The predicted octanol–water partition coefficient (Wildman–Crippen LogP) is 6.55. The summed E-state index contributed by atoms with van der Waals surface area (Å²) in [5.74, 6) is 0. The first-order chi connectivity index (χ1) is 9.38. The minimum absolute atomic E-state index is 0.156. The van der Waals surface area contributed by atoms with Crippen LogP contribution in [-0.4, -0.2) is 0 Å². The van der Waals surface area contributed by atoms with Crippen molar-refractivity contribution in [2.24, 2.45) is 0 Å². The molecule has 0 amide bonds. The van der Waals surface area contributed by atoms with Crippen LogP contribution in [0.1, 0.15) is 29.7 Å². The highest BCUT2D eigenvalue weighted by Crippen LogP contribution is 2.31. The summed E-state index contributed by atoms with van der Waals surface area (Å²) in [5.41, 5.74) is 4.69. The maximum Gasteiger partial charge on any atom is 0.0595 e. The van der Waals surface area contributed by atoms with E-state index in [9.17, 15) is 0 Å². The highest BCUT2D eigenvalue weighted by atomic mass is 79.9. The molecular formula is C16H16BrCl2N. The van der Waals surface area contributed by atoms with Crippen LogP contribution in [0.5, 0.6) is 0 Å². The highest BCUT2D eigenvalue weighted by molar-refractivity contribution is 9.10. The van der Waals surface area contributed by atoms with Gasteiger partial charge < -0.3 is 5.32 Å². The number of aryl methyl sites for hydroxylation is 2. The zero-order chi connectivity index (χ0) is 14.9. The molecule has 0 spiro atoms. The second kappa shape index (κ2) is 6.38. The predicted molar refractivity (Wildman–Crippen MR) is 92.1 cm³/mol. The average Bonchev–Trinajstić information content (AvgIpc) is 2.36. The van der Waals surface area contributed by atoms with Gasteiger partial charge in [0, 0.05) is 16.2 Å². The number of hydrogen-bond donors (Lipinski definition) is 1. The number of benzene rings is 2. The third kappa shape index (κ3) is 3.49. The van der Waals surface area contributed by atoms with E-state index >= 15 is 0 Å². The van der Waals surface area contributed by atoms with Crippen LogP contribution in [-0.2, 0) is 0 Å². The Balaban J connectivity index is 2.27. The van der Waals surface area contributed by atoms with Gasteiger partial charge in [-0.25, -0.2) is 0 Å². The van der Waals surface area contributed by atoms with E-state index in [1.54, 1.807) is 0 Å². The van der Waals surface area contributed by atoms with Crippen molar-refractivity contribution in [3.63, 3.8) is 0 Å². The molecule has 0 aromatic heterocycles. The van der Waals surface area contributed by atoms with Crippen LogP contribution in [0.3, 0.4) is 0 Å². The van der Waals surface area contributed by atoms with Gasteiger partial charge >= 0.3 is 0 Å². The van der Waals surface area contributed by atoms with E-state index in [1.165, 1.54) is 11.1 Å². The van der Waals surface area contributed by atoms with Crippen LogP contribution >= 0.6 is 39.1 Å². The molecule has 0 radical (unpaired) electrons. The molecule has 0 saturated carbocycles. The van der Waals surface area contributed by atoms with Crippen LogP contribution in [0.2, 0.25) is 10.0 Å². The zero-order valence-corrected chi connectivity index (χ0v) is 14.7. The van der Waals surface area contributed by atoms with Gasteiger partial charge in [-0.3, -0.25) is 0 Å². The molecule has 2 aromatic rings. The molecule has 0 aliphatic carbocycles. The first kappa shape index (κ1) is 15.7. The maximum atomic E-state index is 6.08. The molecule has 1 nitrogen and oxygen atoms in total. The van der Waals surface area contributed by atoms with Crippen molar-refractivity contribution in [1.82, 2.24) is 0 Å². The fraction of sp³-hybridized carbons (Fsp3) is 0.250. The molecule has 0 fully saturated rings. The normalized spacial score (nSPS) is 12.3. The second-order valence-electron chi connectivity index (χ2n) is 4.95. The van der Waals surface area contributed by atoms with Gasteiger partial charge in [0.05, 0.1) is 10.0 Å². The summed E-state index contributed by atoms with van der Waals surface area (Å²) in [4.78, 5) is 0. The van der Waals surface area contributed by atoms with Crippen LogP contribution in [0.25, 0.3) is 0 Å². The molecule has 0 aliphatic rings. The first-order valence-corrected chi connectivity index (χ1v) is 7.91. The lowest BCUT2D eigenvalue weighted by Gasteiger charge is -2.20. The second-order valence-corrected chi connectivity index (χ2v) is 6.68.